The molecule has 1 aromatic carbocycles. The van der Waals surface area contributed by atoms with E-state index < -0.39 is 0 Å². The molecule has 7 nitrogen and oxygen atoms in total. The van der Waals surface area contributed by atoms with Crippen LogP contribution < -0.4 is 10.1 Å². The van der Waals surface area contributed by atoms with Gasteiger partial charge in [-0.1, -0.05) is 23.7 Å². The summed E-state index contributed by atoms with van der Waals surface area (Å²) in [6.45, 7) is 6.45. The van der Waals surface area contributed by atoms with Crippen LogP contribution in [0, 0.1) is 13.8 Å². The molecule has 0 aliphatic carbocycles. The Balaban J connectivity index is 1.47. The quantitative estimate of drug-likeness (QED) is 0.434. The number of aromatic nitrogens is 2. The standard InChI is InChI=1S/C26H32N4O3S/c1-18-23(19(2)33-29-18)17-34-26-22(8-7-13-27-26)25(31)28-16-24(30-14-5-4-6-15-30)20-9-11-21(32-3)12-10-20/h7-13,24H,4-6,14-17H2,1-3H3,(H,28,31). The Hall–Kier alpha value is -2.84. The van der Waals surface area contributed by atoms with Gasteiger partial charge in [-0.15, -0.1) is 11.8 Å². The predicted octanol–water partition coefficient (Wildman–Crippen LogP) is 4.94. The Morgan fingerprint density at radius 3 is 2.62 bits per heavy atom. The van der Waals surface area contributed by atoms with Crippen LogP contribution in [0.1, 0.15) is 58.2 Å². The first-order valence-electron chi connectivity index (χ1n) is 11.7. The van der Waals surface area contributed by atoms with Gasteiger partial charge in [-0.25, -0.2) is 4.98 Å². The van der Waals surface area contributed by atoms with E-state index in [1.807, 2.05) is 32.0 Å². The van der Waals surface area contributed by atoms with Gasteiger partial charge >= 0.3 is 0 Å². The third-order valence-corrected chi connectivity index (χ3v) is 7.37. The molecule has 1 amide bonds. The summed E-state index contributed by atoms with van der Waals surface area (Å²) in [6.07, 6.45) is 5.36. The van der Waals surface area contributed by atoms with Crippen molar-refractivity contribution in [1.82, 2.24) is 20.4 Å². The van der Waals surface area contributed by atoms with Crippen LogP contribution in [0.3, 0.4) is 0 Å². The summed E-state index contributed by atoms with van der Waals surface area (Å²) in [4.78, 5) is 20.2. The molecule has 0 bridgehead atoms. The molecular weight excluding hydrogens is 448 g/mol. The predicted molar refractivity (Wildman–Crippen MR) is 133 cm³/mol. The first kappa shape index (κ1) is 24.3. The molecule has 3 heterocycles. The molecule has 1 fully saturated rings. The van der Waals surface area contributed by atoms with E-state index in [1.54, 1.807) is 19.4 Å². The van der Waals surface area contributed by atoms with Gasteiger partial charge < -0.3 is 14.6 Å². The Labute approximate surface area is 205 Å². The highest BCUT2D eigenvalue weighted by Crippen LogP contribution is 2.28. The molecule has 1 N–H and O–H groups in total. The van der Waals surface area contributed by atoms with Gasteiger partial charge in [0.15, 0.2) is 0 Å². The highest BCUT2D eigenvalue weighted by Gasteiger charge is 2.24. The fourth-order valence-corrected chi connectivity index (χ4v) is 5.47. The average molecular weight is 481 g/mol. The van der Waals surface area contributed by atoms with Crippen molar-refractivity contribution in [3.8, 4) is 5.75 Å². The van der Waals surface area contributed by atoms with Gasteiger partial charge in [-0.2, -0.15) is 0 Å². The summed E-state index contributed by atoms with van der Waals surface area (Å²) >= 11 is 1.53. The summed E-state index contributed by atoms with van der Waals surface area (Å²) < 4.78 is 10.6. The number of carbonyl (C=O) groups is 1. The van der Waals surface area contributed by atoms with E-state index in [2.05, 4.69) is 32.5 Å². The Kier molecular flexibility index (Phi) is 8.24. The number of ether oxygens (including phenoxy) is 1. The molecule has 1 aliphatic heterocycles. The molecule has 2 aromatic heterocycles. The number of nitrogens with zero attached hydrogens (tertiary/aromatic N) is 3. The molecule has 4 rings (SSSR count). The zero-order valence-electron chi connectivity index (χ0n) is 20.0. The Bertz CT molecular complexity index is 1070. The number of nitrogens with one attached hydrogen (secondary N) is 1. The van der Waals surface area contributed by atoms with Crippen LogP contribution in [0.5, 0.6) is 5.75 Å². The lowest BCUT2D eigenvalue weighted by Gasteiger charge is -2.35. The van der Waals surface area contributed by atoms with Gasteiger partial charge in [-0.3, -0.25) is 9.69 Å². The van der Waals surface area contributed by atoms with E-state index in [9.17, 15) is 4.79 Å². The van der Waals surface area contributed by atoms with E-state index in [0.717, 1.165) is 35.9 Å². The normalized spacial score (nSPS) is 15.1. The van der Waals surface area contributed by atoms with Crippen LogP contribution in [0.25, 0.3) is 0 Å². The molecule has 0 spiro atoms. The molecule has 0 radical (unpaired) electrons. The number of piperidine rings is 1. The summed E-state index contributed by atoms with van der Waals surface area (Å²) in [5.74, 6) is 2.18. The van der Waals surface area contributed by atoms with Gasteiger partial charge in [-0.05, 0) is 69.6 Å². The maximum Gasteiger partial charge on any atom is 0.254 e. The lowest BCUT2D eigenvalue weighted by molar-refractivity contribution is 0.0921. The van der Waals surface area contributed by atoms with E-state index in [1.165, 1.54) is 36.6 Å². The van der Waals surface area contributed by atoms with E-state index in [0.29, 0.717) is 22.9 Å². The van der Waals surface area contributed by atoms with Crippen molar-refractivity contribution in [2.24, 2.45) is 0 Å². The molecule has 180 valence electrons. The number of aryl methyl sites for hydroxylation is 2. The number of rotatable bonds is 9. The van der Waals surface area contributed by atoms with E-state index >= 15 is 0 Å². The van der Waals surface area contributed by atoms with Crippen LogP contribution in [0.2, 0.25) is 0 Å². The lowest BCUT2D eigenvalue weighted by atomic mass is 10.0. The number of hydrogen-bond donors (Lipinski definition) is 1. The molecule has 1 aliphatic rings. The number of pyridine rings is 1. The van der Waals surface area contributed by atoms with Gasteiger partial charge in [0.2, 0.25) is 0 Å². The van der Waals surface area contributed by atoms with Crippen LogP contribution in [-0.2, 0) is 5.75 Å². The molecule has 34 heavy (non-hydrogen) atoms. The number of methoxy groups -OCH3 is 1. The molecule has 0 saturated carbocycles. The fourth-order valence-electron chi connectivity index (χ4n) is 4.33. The lowest BCUT2D eigenvalue weighted by Crippen LogP contribution is -2.40. The minimum atomic E-state index is -0.107. The Morgan fingerprint density at radius 1 is 1.18 bits per heavy atom. The number of amides is 1. The second kappa shape index (κ2) is 11.5. The SMILES string of the molecule is COc1ccc(C(CNC(=O)c2cccnc2SCc2c(C)noc2C)N2CCCCC2)cc1. The smallest absolute Gasteiger partial charge is 0.254 e. The molecular formula is C26H32N4O3S. The molecule has 1 saturated heterocycles. The van der Waals surface area contributed by atoms with Gasteiger partial charge in [0.1, 0.15) is 16.5 Å². The maximum atomic E-state index is 13.2. The number of thioether (sulfide) groups is 1. The molecule has 8 heteroatoms. The Morgan fingerprint density at radius 2 is 1.94 bits per heavy atom. The van der Waals surface area contributed by atoms with Crippen molar-refractivity contribution in [2.75, 3.05) is 26.7 Å². The molecule has 1 atom stereocenters. The number of likely N-dealkylation sites (tertiary alicyclic amines) is 1. The van der Waals surface area contributed by atoms with Crippen molar-refractivity contribution in [3.05, 3.63) is 70.7 Å². The van der Waals surface area contributed by atoms with E-state index in [4.69, 9.17) is 9.26 Å². The first-order chi connectivity index (χ1) is 16.6. The maximum absolute atomic E-state index is 13.2. The number of carbonyl (C=O) groups excluding carboxylic acids is 1. The zero-order chi connectivity index (χ0) is 23.9. The van der Waals surface area contributed by atoms with Crippen molar-refractivity contribution >= 4 is 17.7 Å². The van der Waals surface area contributed by atoms with Crippen molar-refractivity contribution in [1.29, 1.82) is 0 Å². The third-order valence-electron chi connectivity index (χ3n) is 6.34. The second-order valence-corrected chi connectivity index (χ2v) is 9.51. The van der Waals surface area contributed by atoms with Crippen LogP contribution in [0.15, 0.2) is 52.1 Å². The van der Waals surface area contributed by atoms with Crippen LogP contribution >= 0.6 is 11.8 Å². The summed E-state index contributed by atoms with van der Waals surface area (Å²) in [5, 5.41) is 7.91. The van der Waals surface area contributed by atoms with Crippen molar-refractivity contribution in [3.63, 3.8) is 0 Å². The highest BCUT2D eigenvalue weighted by atomic mass is 32.2. The highest BCUT2D eigenvalue weighted by molar-refractivity contribution is 7.98. The second-order valence-electron chi connectivity index (χ2n) is 8.54. The third kappa shape index (κ3) is 5.80. The molecule has 1 unspecified atom stereocenters. The van der Waals surface area contributed by atoms with E-state index in [-0.39, 0.29) is 11.9 Å². The number of hydrogen-bond acceptors (Lipinski definition) is 7. The van der Waals surface area contributed by atoms with Crippen LogP contribution in [-0.4, -0.2) is 47.7 Å². The fraction of sp³-hybridized carbons (Fsp3) is 0.423. The van der Waals surface area contributed by atoms with Crippen molar-refractivity contribution in [2.45, 2.75) is 49.9 Å². The summed E-state index contributed by atoms with van der Waals surface area (Å²) in [7, 11) is 1.67. The topological polar surface area (TPSA) is 80.5 Å². The first-order valence-corrected chi connectivity index (χ1v) is 12.7. The summed E-state index contributed by atoms with van der Waals surface area (Å²) in [5.41, 5.74) is 3.69. The zero-order valence-corrected chi connectivity index (χ0v) is 20.9. The molecule has 3 aromatic rings. The van der Waals surface area contributed by atoms with Crippen LogP contribution in [0.4, 0.5) is 0 Å². The van der Waals surface area contributed by atoms with Gasteiger partial charge in [0.25, 0.3) is 5.91 Å². The van der Waals surface area contributed by atoms with Crippen molar-refractivity contribution < 1.29 is 14.1 Å². The van der Waals surface area contributed by atoms with Gasteiger partial charge in [0.05, 0.1) is 24.4 Å². The average Bonchev–Trinajstić information content (AvgIpc) is 3.20. The minimum Gasteiger partial charge on any atom is -0.497 e. The van der Waals surface area contributed by atoms with Gasteiger partial charge in [0, 0.05) is 24.1 Å². The number of benzene rings is 1. The monoisotopic (exact) mass is 480 g/mol. The summed E-state index contributed by atoms with van der Waals surface area (Å²) in [6, 6.07) is 11.9. The minimum absolute atomic E-state index is 0.107. The largest absolute Gasteiger partial charge is 0.497 e.